The van der Waals surface area contributed by atoms with Crippen LogP contribution in [0.3, 0.4) is 0 Å². The molecule has 0 atom stereocenters. The van der Waals surface area contributed by atoms with E-state index in [1.54, 1.807) is 0 Å². The second-order valence-electron chi connectivity index (χ2n) is 15.2. The van der Waals surface area contributed by atoms with Crippen LogP contribution in [0.2, 0.25) is 0 Å². The van der Waals surface area contributed by atoms with Crippen LogP contribution < -0.4 is 4.90 Å². The molecule has 0 unspecified atom stereocenters. The zero-order chi connectivity index (χ0) is 38.9. The molecule has 0 spiro atoms. The number of anilines is 3. The van der Waals surface area contributed by atoms with Gasteiger partial charge in [-0.2, -0.15) is 0 Å². The van der Waals surface area contributed by atoms with E-state index >= 15 is 0 Å². The minimum Gasteiger partial charge on any atom is -0.455 e. The van der Waals surface area contributed by atoms with Gasteiger partial charge in [-0.05, 0) is 92.5 Å². The zero-order valence-corrected chi connectivity index (χ0v) is 32.8. The van der Waals surface area contributed by atoms with Gasteiger partial charge in [-0.1, -0.05) is 164 Å². The Hall–Kier alpha value is -7.46. The van der Waals surface area contributed by atoms with Crippen molar-refractivity contribution in [3.05, 3.63) is 212 Å². The SMILES string of the molecule is c1ccc(-c2ccc(N(c3ccccc3)c3cccc4oc5c6ccccc6c(-c6ccc(-c7cccc8c7sc7ccccc78)c7ccccc67)cc5c34)cc2)cc1. The number of nitrogens with zero attached hydrogens (tertiary/aromatic N) is 1. The highest BCUT2D eigenvalue weighted by Gasteiger charge is 2.23. The Bertz CT molecular complexity index is 3550. The van der Waals surface area contributed by atoms with E-state index in [1.807, 2.05) is 11.3 Å². The summed E-state index contributed by atoms with van der Waals surface area (Å²) in [6.45, 7) is 0. The van der Waals surface area contributed by atoms with Crippen molar-refractivity contribution >= 4 is 92.1 Å². The molecule has 0 saturated heterocycles. The summed E-state index contributed by atoms with van der Waals surface area (Å²) in [4.78, 5) is 2.36. The smallest absolute Gasteiger partial charge is 0.143 e. The van der Waals surface area contributed by atoms with Crippen molar-refractivity contribution in [3.63, 3.8) is 0 Å². The summed E-state index contributed by atoms with van der Waals surface area (Å²) in [5, 5.41) is 9.54. The fourth-order valence-corrected chi connectivity index (χ4v) is 10.4. The normalized spacial score (nSPS) is 11.7. The molecule has 10 aromatic carbocycles. The van der Waals surface area contributed by atoms with E-state index in [0.717, 1.165) is 44.4 Å². The quantitative estimate of drug-likeness (QED) is 0.167. The van der Waals surface area contributed by atoms with Crippen molar-refractivity contribution in [1.82, 2.24) is 0 Å². The number of thiophene rings is 1. The van der Waals surface area contributed by atoms with Gasteiger partial charge < -0.3 is 9.32 Å². The van der Waals surface area contributed by atoms with Gasteiger partial charge in [0.2, 0.25) is 0 Å². The van der Waals surface area contributed by atoms with Gasteiger partial charge in [0.15, 0.2) is 0 Å². The molecule has 2 nitrogen and oxygen atoms in total. The highest BCUT2D eigenvalue weighted by atomic mass is 32.1. The number of hydrogen-bond donors (Lipinski definition) is 0. The van der Waals surface area contributed by atoms with Crippen LogP contribution in [-0.4, -0.2) is 0 Å². The summed E-state index contributed by atoms with van der Waals surface area (Å²) in [5.74, 6) is 0. The molecular formula is C56H35NOS. The minimum atomic E-state index is 0.860. The van der Waals surface area contributed by atoms with Gasteiger partial charge in [0.05, 0.1) is 11.1 Å². The molecule has 12 aromatic rings. The van der Waals surface area contributed by atoms with Crippen LogP contribution in [0.1, 0.15) is 0 Å². The van der Waals surface area contributed by atoms with Gasteiger partial charge >= 0.3 is 0 Å². The summed E-state index contributed by atoms with van der Waals surface area (Å²) in [6.07, 6.45) is 0. The van der Waals surface area contributed by atoms with Crippen LogP contribution in [0.5, 0.6) is 0 Å². The molecular weight excluding hydrogens is 735 g/mol. The first kappa shape index (κ1) is 33.7. The van der Waals surface area contributed by atoms with E-state index in [0.29, 0.717) is 0 Å². The van der Waals surface area contributed by atoms with Crippen molar-refractivity contribution < 1.29 is 4.42 Å². The second kappa shape index (κ2) is 13.6. The van der Waals surface area contributed by atoms with Crippen LogP contribution in [-0.2, 0) is 0 Å². The lowest BCUT2D eigenvalue weighted by Gasteiger charge is -2.26. The Labute approximate surface area is 345 Å². The second-order valence-corrected chi connectivity index (χ2v) is 16.2. The molecule has 0 aliphatic rings. The van der Waals surface area contributed by atoms with E-state index in [1.165, 1.54) is 69.7 Å². The molecule has 0 radical (unpaired) electrons. The van der Waals surface area contributed by atoms with Crippen LogP contribution in [0.25, 0.3) is 97.0 Å². The summed E-state index contributed by atoms with van der Waals surface area (Å²) in [5.41, 5.74) is 12.3. The monoisotopic (exact) mass is 769 g/mol. The first-order chi connectivity index (χ1) is 29.3. The van der Waals surface area contributed by atoms with Gasteiger partial charge in [0.25, 0.3) is 0 Å². The van der Waals surface area contributed by atoms with Gasteiger partial charge in [0, 0.05) is 47.9 Å². The highest BCUT2D eigenvalue weighted by molar-refractivity contribution is 7.26. The molecule has 0 fully saturated rings. The molecule has 0 bridgehead atoms. The highest BCUT2D eigenvalue weighted by Crippen LogP contribution is 2.48. The van der Waals surface area contributed by atoms with Crippen LogP contribution >= 0.6 is 11.3 Å². The lowest BCUT2D eigenvalue weighted by Crippen LogP contribution is -2.10. The molecule has 0 aliphatic heterocycles. The van der Waals surface area contributed by atoms with Crippen molar-refractivity contribution in [2.24, 2.45) is 0 Å². The lowest BCUT2D eigenvalue weighted by atomic mass is 9.89. The number of benzene rings is 10. The first-order valence-corrected chi connectivity index (χ1v) is 20.9. The van der Waals surface area contributed by atoms with Gasteiger partial charge in [-0.15, -0.1) is 11.3 Å². The number of fused-ring (bicyclic) bond motifs is 9. The summed E-state index contributed by atoms with van der Waals surface area (Å²) in [6, 6.07) is 76.7. The molecule has 0 aliphatic carbocycles. The first-order valence-electron chi connectivity index (χ1n) is 20.1. The van der Waals surface area contributed by atoms with Gasteiger partial charge in [0.1, 0.15) is 11.2 Å². The Morgan fingerprint density at radius 1 is 0.356 bits per heavy atom. The third-order valence-corrected chi connectivity index (χ3v) is 13.1. The van der Waals surface area contributed by atoms with Gasteiger partial charge in [-0.25, -0.2) is 0 Å². The number of rotatable bonds is 6. The number of hydrogen-bond acceptors (Lipinski definition) is 3. The topological polar surface area (TPSA) is 16.4 Å². The fraction of sp³-hybridized carbons (Fsp3) is 0. The third kappa shape index (κ3) is 5.40. The average Bonchev–Trinajstić information content (AvgIpc) is 3.89. The van der Waals surface area contributed by atoms with E-state index in [2.05, 4.69) is 217 Å². The summed E-state index contributed by atoms with van der Waals surface area (Å²) < 4.78 is 9.55. The Morgan fingerprint density at radius 3 is 1.66 bits per heavy atom. The molecule has 0 N–H and O–H groups in total. The fourth-order valence-electron chi connectivity index (χ4n) is 9.20. The molecule has 2 heterocycles. The number of para-hydroxylation sites is 1. The Morgan fingerprint density at radius 2 is 0.915 bits per heavy atom. The minimum absolute atomic E-state index is 0.860. The maximum Gasteiger partial charge on any atom is 0.143 e. The maximum absolute atomic E-state index is 6.90. The Kier molecular flexibility index (Phi) is 7.75. The number of furan rings is 1. The van der Waals surface area contributed by atoms with Crippen molar-refractivity contribution in [2.75, 3.05) is 4.90 Å². The predicted octanol–water partition coefficient (Wildman–Crippen LogP) is 16.7. The molecule has 2 aromatic heterocycles. The molecule has 3 heteroatoms. The molecule has 59 heavy (non-hydrogen) atoms. The van der Waals surface area contributed by atoms with Crippen molar-refractivity contribution in [2.45, 2.75) is 0 Å². The van der Waals surface area contributed by atoms with Crippen molar-refractivity contribution in [1.29, 1.82) is 0 Å². The molecule has 12 rings (SSSR count). The molecule has 0 amide bonds. The maximum atomic E-state index is 6.90. The van der Waals surface area contributed by atoms with E-state index < -0.39 is 0 Å². The van der Waals surface area contributed by atoms with Crippen LogP contribution in [0, 0.1) is 0 Å². The van der Waals surface area contributed by atoms with E-state index in [-0.39, 0.29) is 0 Å². The standard InChI is InChI=1S/C56H35NOS/c1-3-15-36(16-4-1)37-29-31-39(32-30-37)57(38-17-5-2-6-18-38)51-26-14-27-52-54(51)50-35-49(42-21-9-10-23-46(42)55(50)58-52)44-34-33-43(40-19-7-8-20-41(40)44)47-24-13-25-48-45-22-11-12-28-53(45)59-56(47)48/h1-35H. The largest absolute Gasteiger partial charge is 0.455 e. The zero-order valence-electron chi connectivity index (χ0n) is 32.0. The van der Waals surface area contributed by atoms with E-state index in [9.17, 15) is 0 Å². The van der Waals surface area contributed by atoms with Crippen LogP contribution in [0.4, 0.5) is 17.1 Å². The third-order valence-electron chi connectivity index (χ3n) is 11.9. The van der Waals surface area contributed by atoms with Gasteiger partial charge in [-0.3, -0.25) is 0 Å². The predicted molar refractivity (Wildman–Crippen MR) is 253 cm³/mol. The lowest BCUT2D eigenvalue weighted by molar-refractivity contribution is 0.672. The van der Waals surface area contributed by atoms with E-state index in [4.69, 9.17) is 4.42 Å². The molecule has 276 valence electrons. The Balaban J connectivity index is 1.09. The van der Waals surface area contributed by atoms with Crippen LogP contribution in [0.15, 0.2) is 217 Å². The van der Waals surface area contributed by atoms with Crippen molar-refractivity contribution in [3.8, 4) is 33.4 Å². The summed E-state index contributed by atoms with van der Waals surface area (Å²) in [7, 11) is 0. The molecule has 0 saturated carbocycles. The average molecular weight is 770 g/mol. The summed E-state index contributed by atoms with van der Waals surface area (Å²) >= 11 is 1.88.